The monoisotopic (exact) mass is 343 g/mol. The molecular weight excluding hydrogens is 318 g/mol. The van der Waals surface area contributed by atoms with E-state index in [0.717, 1.165) is 34.4 Å². The van der Waals surface area contributed by atoms with Crippen LogP contribution in [0, 0.1) is 12.8 Å². The van der Waals surface area contributed by atoms with Gasteiger partial charge in [0.25, 0.3) is 0 Å². The summed E-state index contributed by atoms with van der Waals surface area (Å²) in [4.78, 5) is 0. The maximum atomic E-state index is 9.62. The molecule has 0 radical (unpaired) electrons. The zero-order chi connectivity index (χ0) is 15.3. The molecule has 0 amide bonds. The second-order valence-corrected chi connectivity index (χ2v) is 6.71. The third-order valence-electron chi connectivity index (χ3n) is 3.17. The molecule has 0 heterocycles. The van der Waals surface area contributed by atoms with E-state index in [0.29, 0.717) is 5.92 Å². The quantitative estimate of drug-likeness (QED) is 0.793. The van der Waals surface area contributed by atoms with Crippen LogP contribution in [-0.2, 0) is 6.54 Å². The van der Waals surface area contributed by atoms with Gasteiger partial charge in [-0.1, -0.05) is 29.8 Å². The molecular formula is C16H26BrNO2. The van der Waals surface area contributed by atoms with Crippen LogP contribution in [0.3, 0.4) is 0 Å². The highest BCUT2D eigenvalue weighted by molar-refractivity contribution is 9.10. The van der Waals surface area contributed by atoms with E-state index in [-0.39, 0.29) is 6.10 Å². The molecule has 0 aliphatic rings. The largest absolute Gasteiger partial charge is 0.487 e. The number of benzene rings is 1. The van der Waals surface area contributed by atoms with Gasteiger partial charge in [-0.15, -0.1) is 0 Å². The molecule has 0 saturated heterocycles. The van der Waals surface area contributed by atoms with Crippen LogP contribution in [0.4, 0.5) is 0 Å². The molecule has 1 aromatic carbocycles. The van der Waals surface area contributed by atoms with Crippen molar-refractivity contribution in [3.05, 3.63) is 27.7 Å². The van der Waals surface area contributed by atoms with Gasteiger partial charge in [0.1, 0.15) is 11.9 Å². The van der Waals surface area contributed by atoms with Crippen LogP contribution in [0.2, 0.25) is 0 Å². The number of hydrogen-bond donors (Lipinski definition) is 2. The Bertz CT molecular complexity index is 433. The molecule has 0 aromatic heterocycles. The lowest BCUT2D eigenvalue weighted by atomic mass is 10.1. The topological polar surface area (TPSA) is 41.5 Å². The maximum absolute atomic E-state index is 9.62. The Labute approximate surface area is 130 Å². The summed E-state index contributed by atoms with van der Waals surface area (Å²) in [7, 11) is 0. The Morgan fingerprint density at radius 3 is 2.45 bits per heavy atom. The molecule has 0 fully saturated rings. The lowest BCUT2D eigenvalue weighted by Gasteiger charge is -2.22. The van der Waals surface area contributed by atoms with Crippen molar-refractivity contribution in [1.82, 2.24) is 5.32 Å². The van der Waals surface area contributed by atoms with Gasteiger partial charge in [0.2, 0.25) is 0 Å². The highest BCUT2D eigenvalue weighted by atomic mass is 79.9. The second-order valence-electron chi connectivity index (χ2n) is 5.80. The van der Waals surface area contributed by atoms with Crippen molar-refractivity contribution in [2.75, 3.05) is 6.54 Å². The fourth-order valence-corrected chi connectivity index (χ4v) is 2.50. The minimum atomic E-state index is -0.491. The molecule has 0 spiro atoms. The van der Waals surface area contributed by atoms with Crippen molar-refractivity contribution in [3.8, 4) is 5.75 Å². The Kier molecular flexibility index (Phi) is 7.00. The zero-order valence-corrected chi connectivity index (χ0v) is 14.6. The Morgan fingerprint density at radius 2 is 1.90 bits per heavy atom. The van der Waals surface area contributed by atoms with Gasteiger partial charge in [0, 0.05) is 16.6 Å². The van der Waals surface area contributed by atoms with E-state index in [1.807, 2.05) is 19.9 Å². The standard InChI is InChI=1S/C16H26BrNO2/c1-10(2)8-18-9-14-7-15(17)6-11(3)16(14)20-13(5)12(4)19/h6-7,10,12-13,18-19H,8-9H2,1-5H3. The molecule has 2 atom stereocenters. The number of aryl methyl sites for hydroxylation is 1. The van der Waals surface area contributed by atoms with Gasteiger partial charge in [0.15, 0.2) is 0 Å². The number of aliphatic hydroxyl groups excluding tert-OH is 1. The lowest BCUT2D eigenvalue weighted by molar-refractivity contribution is 0.0593. The number of nitrogens with one attached hydrogen (secondary N) is 1. The predicted molar refractivity (Wildman–Crippen MR) is 87.2 cm³/mol. The second kappa shape index (κ2) is 8.01. The summed E-state index contributed by atoms with van der Waals surface area (Å²) in [5.41, 5.74) is 2.19. The third-order valence-corrected chi connectivity index (χ3v) is 3.63. The van der Waals surface area contributed by atoms with Crippen molar-refractivity contribution in [2.45, 2.75) is 53.4 Å². The van der Waals surface area contributed by atoms with E-state index in [2.05, 4.69) is 41.2 Å². The van der Waals surface area contributed by atoms with Crippen LogP contribution in [-0.4, -0.2) is 23.9 Å². The molecule has 4 heteroatoms. The van der Waals surface area contributed by atoms with Gasteiger partial charge in [0.05, 0.1) is 6.10 Å². The zero-order valence-electron chi connectivity index (χ0n) is 13.0. The van der Waals surface area contributed by atoms with Gasteiger partial charge in [-0.25, -0.2) is 0 Å². The summed E-state index contributed by atoms with van der Waals surface area (Å²) in [6.45, 7) is 11.8. The van der Waals surface area contributed by atoms with Gasteiger partial charge < -0.3 is 15.2 Å². The van der Waals surface area contributed by atoms with E-state index < -0.39 is 6.10 Å². The number of rotatable bonds is 7. The average Bonchev–Trinajstić information content (AvgIpc) is 2.32. The van der Waals surface area contributed by atoms with E-state index in [1.165, 1.54) is 0 Å². The molecule has 0 aliphatic heterocycles. The summed E-state index contributed by atoms with van der Waals surface area (Å²) in [6, 6.07) is 4.11. The highest BCUT2D eigenvalue weighted by Crippen LogP contribution is 2.29. The molecule has 3 nitrogen and oxygen atoms in total. The van der Waals surface area contributed by atoms with Gasteiger partial charge in [-0.2, -0.15) is 0 Å². The van der Waals surface area contributed by atoms with E-state index in [9.17, 15) is 5.11 Å². The first kappa shape index (κ1) is 17.5. The van der Waals surface area contributed by atoms with Crippen LogP contribution in [0.1, 0.15) is 38.8 Å². The highest BCUT2D eigenvalue weighted by Gasteiger charge is 2.15. The molecule has 20 heavy (non-hydrogen) atoms. The van der Waals surface area contributed by atoms with Crippen LogP contribution in [0.5, 0.6) is 5.75 Å². The van der Waals surface area contributed by atoms with Crippen molar-refractivity contribution >= 4 is 15.9 Å². The van der Waals surface area contributed by atoms with E-state index >= 15 is 0 Å². The van der Waals surface area contributed by atoms with Crippen molar-refractivity contribution in [1.29, 1.82) is 0 Å². The van der Waals surface area contributed by atoms with Crippen molar-refractivity contribution < 1.29 is 9.84 Å². The predicted octanol–water partition coefficient (Wildman–Crippen LogP) is 3.65. The number of aliphatic hydroxyl groups is 1. The molecule has 0 aliphatic carbocycles. The lowest BCUT2D eigenvalue weighted by Crippen LogP contribution is -2.27. The number of hydrogen-bond acceptors (Lipinski definition) is 3. The third kappa shape index (κ3) is 5.43. The van der Waals surface area contributed by atoms with Crippen LogP contribution in [0.25, 0.3) is 0 Å². The molecule has 2 unspecified atom stereocenters. The first-order valence-corrected chi connectivity index (χ1v) is 7.95. The Hall–Kier alpha value is -0.580. The molecule has 1 aromatic rings. The SMILES string of the molecule is Cc1cc(Br)cc(CNCC(C)C)c1OC(C)C(C)O. The normalized spacial score (nSPS) is 14.4. The number of halogens is 1. The summed E-state index contributed by atoms with van der Waals surface area (Å²) in [6.07, 6.45) is -0.715. The summed E-state index contributed by atoms with van der Waals surface area (Å²) >= 11 is 3.53. The fourth-order valence-electron chi connectivity index (χ4n) is 1.88. The minimum Gasteiger partial charge on any atom is -0.487 e. The summed E-state index contributed by atoms with van der Waals surface area (Å²) < 4.78 is 6.99. The summed E-state index contributed by atoms with van der Waals surface area (Å²) in [5, 5.41) is 13.1. The van der Waals surface area contributed by atoms with Crippen LogP contribution >= 0.6 is 15.9 Å². The number of ether oxygens (including phenoxy) is 1. The van der Waals surface area contributed by atoms with Crippen LogP contribution < -0.4 is 10.1 Å². The first-order chi connectivity index (χ1) is 9.31. The maximum Gasteiger partial charge on any atom is 0.127 e. The van der Waals surface area contributed by atoms with Gasteiger partial charge in [-0.3, -0.25) is 0 Å². The molecule has 2 N–H and O–H groups in total. The van der Waals surface area contributed by atoms with Crippen LogP contribution in [0.15, 0.2) is 16.6 Å². The first-order valence-electron chi connectivity index (χ1n) is 7.15. The molecule has 1 rings (SSSR count). The van der Waals surface area contributed by atoms with Gasteiger partial charge in [-0.05, 0) is 50.9 Å². The average molecular weight is 344 g/mol. The molecule has 114 valence electrons. The Morgan fingerprint density at radius 1 is 1.25 bits per heavy atom. The smallest absolute Gasteiger partial charge is 0.127 e. The fraction of sp³-hybridized carbons (Fsp3) is 0.625. The summed E-state index contributed by atoms with van der Waals surface area (Å²) in [5.74, 6) is 1.49. The van der Waals surface area contributed by atoms with Crippen molar-refractivity contribution in [2.24, 2.45) is 5.92 Å². The van der Waals surface area contributed by atoms with Gasteiger partial charge >= 0.3 is 0 Å². The van der Waals surface area contributed by atoms with Crippen molar-refractivity contribution in [3.63, 3.8) is 0 Å². The molecule has 0 saturated carbocycles. The minimum absolute atomic E-state index is 0.223. The van der Waals surface area contributed by atoms with E-state index in [4.69, 9.17) is 4.74 Å². The Balaban J connectivity index is 2.89. The van der Waals surface area contributed by atoms with E-state index in [1.54, 1.807) is 6.92 Å². The molecule has 0 bridgehead atoms.